The third-order valence-electron chi connectivity index (χ3n) is 4.24. The zero-order chi connectivity index (χ0) is 17.4. The second-order valence-corrected chi connectivity index (χ2v) is 6.07. The van der Waals surface area contributed by atoms with Gasteiger partial charge in [0.05, 0.1) is 11.4 Å². The van der Waals surface area contributed by atoms with Gasteiger partial charge in [0.2, 0.25) is 5.95 Å². The fourth-order valence-corrected chi connectivity index (χ4v) is 3.06. The van der Waals surface area contributed by atoms with Crippen molar-refractivity contribution in [2.45, 2.75) is 26.2 Å². The van der Waals surface area contributed by atoms with Crippen molar-refractivity contribution >= 4 is 11.7 Å². The van der Waals surface area contributed by atoms with Crippen molar-refractivity contribution in [2.75, 3.05) is 5.32 Å². The number of carbonyl (C=O) groups is 1. The van der Waals surface area contributed by atoms with Gasteiger partial charge < -0.3 is 5.32 Å². The van der Waals surface area contributed by atoms with Crippen LogP contribution in [0.3, 0.4) is 0 Å². The van der Waals surface area contributed by atoms with Gasteiger partial charge in [0, 0.05) is 17.2 Å². The van der Waals surface area contributed by atoms with E-state index in [9.17, 15) is 9.59 Å². The van der Waals surface area contributed by atoms with Gasteiger partial charge >= 0.3 is 0 Å². The van der Waals surface area contributed by atoms with E-state index in [0.29, 0.717) is 23.0 Å². The number of benzene rings is 1. The van der Waals surface area contributed by atoms with Crippen molar-refractivity contribution in [1.29, 1.82) is 0 Å². The lowest BCUT2D eigenvalue weighted by Crippen LogP contribution is -2.21. The van der Waals surface area contributed by atoms with Crippen molar-refractivity contribution < 1.29 is 4.79 Å². The van der Waals surface area contributed by atoms with Gasteiger partial charge in [-0.05, 0) is 38.3 Å². The zero-order valence-electron chi connectivity index (χ0n) is 13.7. The van der Waals surface area contributed by atoms with Gasteiger partial charge in [-0.2, -0.15) is 9.78 Å². The number of fused-ring (bicyclic) bond motifs is 1. The lowest BCUT2D eigenvalue weighted by molar-refractivity contribution is 0.102. The molecule has 0 atom stereocenters. The van der Waals surface area contributed by atoms with Crippen LogP contribution in [0.1, 0.15) is 33.7 Å². The van der Waals surface area contributed by atoms with Crippen molar-refractivity contribution in [3.63, 3.8) is 0 Å². The topological polar surface area (TPSA) is 92.7 Å². The first kappa shape index (κ1) is 15.3. The molecule has 0 fully saturated rings. The Morgan fingerprint density at radius 3 is 2.84 bits per heavy atom. The zero-order valence-corrected chi connectivity index (χ0v) is 13.7. The molecule has 7 heteroatoms. The Balaban J connectivity index is 1.72. The summed E-state index contributed by atoms with van der Waals surface area (Å²) >= 11 is 0. The summed E-state index contributed by atoms with van der Waals surface area (Å²) < 4.78 is 1.47. The van der Waals surface area contributed by atoms with E-state index < -0.39 is 0 Å². The normalized spacial score (nSPS) is 12.8. The predicted molar refractivity (Wildman–Crippen MR) is 93.1 cm³/mol. The number of rotatable bonds is 3. The first-order valence-electron chi connectivity index (χ1n) is 8.17. The number of hydrogen-bond donors (Lipinski definition) is 2. The highest BCUT2D eigenvalue weighted by Crippen LogP contribution is 2.19. The summed E-state index contributed by atoms with van der Waals surface area (Å²) in [5.74, 6) is 0.541. The van der Waals surface area contributed by atoms with Crippen LogP contribution >= 0.6 is 0 Å². The molecule has 1 aliphatic carbocycles. The maximum Gasteiger partial charge on any atom is 0.256 e. The average Bonchev–Trinajstić information content (AvgIpc) is 3.22. The fraction of sp³-hybridized carbons (Fsp3) is 0.222. The predicted octanol–water partition coefficient (Wildman–Crippen LogP) is 2.01. The number of carbonyl (C=O) groups excluding carboxylic acids is 1. The summed E-state index contributed by atoms with van der Waals surface area (Å²) in [5, 5.41) is 7.20. The van der Waals surface area contributed by atoms with E-state index in [1.54, 1.807) is 30.3 Å². The molecular weight excluding hydrogens is 318 g/mol. The summed E-state index contributed by atoms with van der Waals surface area (Å²) in [6.45, 7) is 1.82. The van der Waals surface area contributed by atoms with Gasteiger partial charge in [0.25, 0.3) is 11.5 Å². The van der Waals surface area contributed by atoms with Crippen LogP contribution in [0.5, 0.6) is 0 Å². The Hall–Kier alpha value is -3.22. The molecule has 2 aromatic heterocycles. The minimum atomic E-state index is -0.245. The Morgan fingerprint density at radius 1 is 1.24 bits per heavy atom. The van der Waals surface area contributed by atoms with Crippen LogP contribution in [0.15, 0.2) is 41.2 Å². The first-order valence-corrected chi connectivity index (χ1v) is 8.17. The molecule has 3 aromatic rings. The van der Waals surface area contributed by atoms with E-state index in [1.807, 2.05) is 13.0 Å². The molecule has 0 saturated carbocycles. The fourth-order valence-electron chi connectivity index (χ4n) is 3.06. The van der Waals surface area contributed by atoms with E-state index in [4.69, 9.17) is 0 Å². The molecule has 1 aliphatic rings. The largest absolute Gasteiger partial charge is 0.306 e. The highest BCUT2D eigenvalue weighted by molar-refractivity contribution is 6.03. The van der Waals surface area contributed by atoms with Crippen LogP contribution in [-0.4, -0.2) is 25.7 Å². The van der Waals surface area contributed by atoms with E-state index in [1.165, 1.54) is 4.68 Å². The molecule has 0 bridgehead atoms. The number of nitrogens with zero attached hydrogens (tertiary/aromatic N) is 3. The van der Waals surface area contributed by atoms with Crippen molar-refractivity contribution in [2.24, 2.45) is 0 Å². The molecule has 7 nitrogen and oxygen atoms in total. The number of aryl methyl sites for hydroxylation is 2. The number of aromatic amines is 1. The van der Waals surface area contributed by atoms with Gasteiger partial charge in [-0.1, -0.05) is 18.2 Å². The van der Waals surface area contributed by atoms with E-state index in [2.05, 4.69) is 20.4 Å². The van der Waals surface area contributed by atoms with Crippen LogP contribution in [-0.2, 0) is 12.8 Å². The van der Waals surface area contributed by atoms with Gasteiger partial charge in [-0.25, -0.2) is 4.98 Å². The molecule has 0 radical (unpaired) electrons. The quantitative estimate of drug-likeness (QED) is 0.766. The minimum Gasteiger partial charge on any atom is -0.306 e. The van der Waals surface area contributed by atoms with Gasteiger partial charge in [0.1, 0.15) is 5.82 Å². The third-order valence-corrected chi connectivity index (χ3v) is 4.24. The van der Waals surface area contributed by atoms with Gasteiger partial charge in [-0.3, -0.25) is 14.6 Å². The number of H-pyrrole nitrogens is 1. The molecule has 0 unspecified atom stereocenters. The molecule has 1 aromatic carbocycles. The third kappa shape index (κ3) is 2.84. The van der Waals surface area contributed by atoms with Gasteiger partial charge in [-0.15, -0.1) is 0 Å². The summed E-state index contributed by atoms with van der Waals surface area (Å²) in [5.41, 5.74) is 2.69. The molecular formula is C18H17N5O2. The van der Waals surface area contributed by atoms with Crippen molar-refractivity contribution in [1.82, 2.24) is 19.7 Å². The van der Waals surface area contributed by atoms with Gasteiger partial charge in [0.15, 0.2) is 0 Å². The standard InChI is InChI=1S/C18H17N5O2/c1-11-10-15(20-16(24)12-6-3-2-4-7-12)23(22-11)18-19-14-9-5-8-13(14)17(25)21-18/h2-4,6-7,10H,5,8-9H2,1H3,(H,20,24)(H,19,21,25). The summed E-state index contributed by atoms with van der Waals surface area (Å²) in [7, 11) is 0. The monoisotopic (exact) mass is 335 g/mol. The Kier molecular flexibility index (Phi) is 3.68. The molecule has 0 spiro atoms. The van der Waals surface area contributed by atoms with E-state index in [0.717, 1.165) is 30.5 Å². The van der Waals surface area contributed by atoms with E-state index >= 15 is 0 Å². The number of hydrogen-bond acceptors (Lipinski definition) is 4. The maximum absolute atomic E-state index is 12.4. The SMILES string of the molecule is Cc1cc(NC(=O)c2ccccc2)n(-c2nc3c(c(=O)[nH]2)CCC3)n1. The number of anilines is 1. The van der Waals surface area contributed by atoms with Crippen LogP contribution in [0.25, 0.3) is 5.95 Å². The first-order chi connectivity index (χ1) is 12.1. The summed E-state index contributed by atoms with van der Waals surface area (Å²) in [6, 6.07) is 10.7. The molecule has 25 heavy (non-hydrogen) atoms. The molecule has 4 rings (SSSR count). The second-order valence-electron chi connectivity index (χ2n) is 6.07. The second kappa shape index (κ2) is 6.01. The number of nitrogens with one attached hydrogen (secondary N) is 2. The molecule has 2 N–H and O–H groups in total. The highest BCUT2D eigenvalue weighted by atomic mass is 16.1. The Bertz CT molecular complexity index is 1000. The minimum absolute atomic E-state index is 0.133. The summed E-state index contributed by atoms with van der Waals surface area (Å²) in [6.07, 6.45) is 2.48. The molecule has 1 amide bonds. The number of amides is 1. The smallest absolute Gasteiger partial charge is 0.256 e. The van der Waals surface area contributed by atoms with Crippen LogP contribution in [0.2, 0.25) is 0 Å². The number of aromatic nitrogens is 4. The van der Waals surface area contributed by atoms with Crippen molar-refractivity contribution in [3.8, 4) is 5.95 Å². The molecule has 2 heterocycles. The maximum atomic E-state index is 12.4. The highest BCUT2D eigenvalue weighted by Gasteiger charge is 2.20. The lowest BCUT2D eigenvalue weighted by atomic mass is 10.2. The lowest BCUT2D eigenvalue weighted by Gasteiger charge is -2.09. The van der Waals surface area contributed by atoms with Crippen molar-refractivity contribution in [3.05, 3.63) is 69.3 Å². The molecule has 126 valence electrons. The molecule has 0 saturated heterocycles. The van der Waals surface area contributed by atoms with Crippen LogP contribution in [0.4, 0.5) is 5.82 Å². The van der Waals surface area contributed by atoms with Crippen LogP contribution in [0, 0.1) is 6.92 Å². The average molecular weight is 335 g/mol. The summed E-state index contributed by atoms with van der Waals surface area (Å²) in [4.78, 5) is 32.0. The Morgan fingerprint density at radius 2 is 2.04 bits per heavy atom. The van der Waals surface area contributed by atoms with Crippen LogP contribution < -0.4 is 10.9 Å². The molecule has 0 aliphatic heterocycles. The van der Waals surface area contributed by atoms with E-state index in [-0.39, 0.29) is 11.5 Å². The Labute approximate surface area is 143 Å².